The summed E-state index contributed by atoms with van der Waals surface area (Å²) in [7, 11) is 1.40. The minimum atomic E-state index is -0.248. The van der Waals surface area contributed by atoms with Gasteiger partial charge in [-0.2, -0.15) is 0 Å². The van der Waals surface area contributed by atoms with Crippen molar-refractivity contribution in [1.29, 1.82) is 0 Å². The highest BCUT2D eigenvalue weighted by atomic mass is 16.5. The number of carbonyl (C=O) groups is 1. The van der Waals surface area contributed by atoms with Crippen molar-refractivity contribution in [2.24, 2.45) is 5.92 Å². The lowest BCUT2D eigenvalue weighted by molar-refractivity contribution is -0.134. The van der Waals surface area contributed by atoms with Crippen molar-refractivity contribution in [2.45, 2.75) is 40.0 Å². The quantitative estimate of drug-likeness (QED) is 0.485. The van der Waals surface area contributed by atoms with Crippen LogP contribution in [-0.4, -0.2) is 13.1 Å². The number of ether oxygens (including phenoxy) is 1. The van der Waals surface area contributed by atoms with Crippen LogP contribution in [0.15, 0.2) is 11.6 Å². The molecule has 0 fully saturated rings. The molecule has 0 aromatic rings. The number of carbonyl (C=O) groups excluding carboxylic acids is 1. The number of hydrogen-bond donors (Lipinski definition) is 0. The summed E-state index contributed by atoms with van der Waals surface area (Å²) in [6, 6.07) is 0. The van der Waals surface area contributed by atoms with E-state index in [0.29, 0.717) is 0 Å². The van der Waals surface area contributed by atoms with Crippen molar-refractivity contribution in [2.75, 3.05) is 7.11 Å². The molecule has 76 valence electrons. The summed E-state index contributed by atoms with van der Waals surface area (Å²) >= 11 is 0. The van der Waals surface area contributed by atoms with Gasteiger partial charge in [-0.15, -0.1) is 0 Å². The first kappa shape index (κ1) is 12.2. The third kappa shape index (κ3) is 7.57. The molecule has 0 aromatic heterocycles. The largest absolute Gasteiger partial charge is 0.466 e. The van der Waals surface area contributed by atoms with Gasteiger partial charge in [0.1, 0.15) is 0 Å². The van der Waals surface area contributed by atoms with E-state index in [1.165, 1.54) is 13.5 Å². The molecule has 0 aliphatic rings. The monoisotopic (exact) mass is 184 g/mol. The molecule has 2 heteroatoms. The topological polar surface area (TPSA) is 26.3 Å². The maximum absolute atomic E-state index is 10.8. The van der Waals surface area contributed by atoms with E-state index in [2.05, 4.69) is 18.6 Å². The molecule has 0 bridgehead atoms. The fourth-order valence-electron chi connectivity index (χ4n) is 1.12. The van der Waals surface area contributed by atoms with Crippen LogP contribution in [0.1, 0.15) is 40.0 Å². The van der Waals surface area contributed by atoms with E-state index in [1.807, 2.05) is 6.92 Å². The molecule has 0 unspecified atom stereocenters. The van der Waals surface area contributed by atoms with Crippen LogP contribution < -0.4 is 0 Å². The molecule has 0 saturated heterocycles. The van der Waals surface area contributed by atoms with Gasteiger partial charge in [-0.1, -0.05) is 25.8 Å². The Labute approximate surface area is 81.0 Å². The molecule has 0 N–H and O–H groups in total. The van der Waals surface area contributed by atoms with Crippen molar-refractivity contribution < 1.29 is 9.53 Å². The lowest BCUT2D eigenvalue weighted by Gasteiger charge is -2.04. The Balaban J connectivity index is 3.67. The highest BCUT2D eigenvalue weighted by Crippen LogP contribution is 2.11. The maximum Gasteiger partial charge on any atom is 0.330 e. The van der Waals surface area contributed by atoms with E-state index < -0.39 is 0 Å². The van der Waals surface area contributed by atoms with E-state index >= 15 is 0 Å². The smallest absolute Gasteiger partial charge is 0.330 e. The van der Waals surface area contributed by atoms with E-state index in [1.54, 1.807) is 6.08 Å². The highest BCUT2D eigenvalue weighted by molar-refractivity contribution is 5.82. The molecular formula is C11H20O2. The van der Waals surface area contributed by atoms with Crippen LogP contribution in [0, 0.1) is 5.92 Å². The van der Waals surface area contributed by atoms with Gasteiger partial charge in [0.2, 0.25) is 0 Å². The summed E-state index contributed by atoms with van der Waals surface area (Å²) in [5.74, 6) is 0.493. The predicted octanol–water partition coefficient (Wildman–Crippen LogP) is 2.93. The minimum absolute atomic E-state index is 0.248. The Bertz CT molecular complexity index is 181. The predicted molar refractivity (Wildman–Crippen MR) is 54.5 cm³/mol. The summed E-state index contributed by atoms with van der Waals surface area (Å²) in [6.45, 7) is 6.38. The van der Waals surface area contributed by atoms with Crippen LogP contribution in [-0.2, 0) is 9.53 Å². The molecule has 0 saturated carbocycles. The van der Waals surface area contributed by atoms with Gasteiger partial charge in [0.05, 0.1) is 7.11 Å². The summed E-state index contributed by atoms with van der Waals surface area (Å²) < 4.78 is 4.53. The number of methoxy groups -OCH3 is 1. The van der Waals surface area contributed by atoms with Gasteiger partial charge in [0.25, 0.3) is 0 Å². The van der Waals surface area contributed by atoms with Gasteiger partial charge in [-0.05, 0) is 25.7 Å². The third-order valence-corrected chi connectivity index (χ3v) is 1.92. The number of hydrogen-bond acceptors (Lipinski definition) is 2. The second-order valence-corrected chi connectivity index (χ2v) is 3.80. The minimum Gasteiger partial charge on any atom is -0.466 e. The second-order valence-electron chi connectivity index (χ2n) is 3.80. The van der Waals surface area contributed by atoms with E-state index in [4.69, 9.17) is 0 Å². The van der Waals surface area contributed by atoms with Crippen molar-refractivity contribution >= 4 is 5.97 Å². The molecule has 0 amide bonds. The van der Waals surface area contributed by atoms with Crippen LogP contribution in [0.4, 0.5) is 0 Å². The summed E-state index contributed by atoms with van der Waals surface area (Å²) in [6.07, 6.45) is 4.93. The zero-order valence-electron chi connectivity index (χ0n) is 9.09. The van der Waals surface area contributed by atoms with Crippen LogP contribution in [0.3, 0.4) is 0 Å². The molecule has 0 heterocycles. The van der Waals surface area contributed by atoms with Crippen molar-refractivity contribution in [3.05, 3.63) is 11.6 Å². The number of rotatable bonds is 5. The number of esters is 1. The van der Waals surface area contributed by atoms with Crippen LogP contribution >= 0.6 is 0 Å². The first-order chi connectivity index (χ1) is 6.06. The van der Waals surface area contributed by atoms with Crippen LogP contribution in [0.2, 0.25) is 0 Å². The molecule has 0 rings (SSSR count). The fourth-order valence-corrected chi connectivity index (χ4v) is 1.12. The average Bonchev–Trinajstić information content (AvgIpc) is 2.03. The standard InChI is InChI=1S/C11H20O2/c1-9(2)6-5-7-10(3)8-11(12)13-4/h8-9H,5-7H2,1-4H3/b10-8+. The zero-order valence-corrected chi connectivity index (χ0v) is 9.09. The number of allylic oxidation sites excluding steroid dienone is 1. The van der Waals surface area contributed by atoms with E-state index in [9.17, 15) is 4.79 Å². The molecule has 0 aliphatic heterocycles. The molecule has 13 heavy (non-hydrogen) atoms. The van der Waals surface area contributed by atoms with Gasteiger partial charge in [-0.3, -0.25) is 0 Å². The van der Waals surface area contributed by atoms with Crippen molar-refractivity contribution in [1.82, 2.24) is 0 Å². The van der Waals surface area contributed by atoms with E-state index in [0.717, 1.165) is 24.3 Å². The Kier molecular flexibility index (Phi) is 6.29. The lowest BCUT2D eigenvalue weighted by atomic mass is 10.0. The van der Waals surface area contributed by atoms with Gasteiger partial charge in [-0.25, -0.2) is 4.79 Å². The Morgan fingerprint density at radius 1 is 1.46 bits per heavy atom. The maximum atomic E-state index is 10.8. The van der Waals surface area contributed by atoms with Crippen molar-refractivity contribution in [3.63, 3.8) is 0 Å². The summed E-state index contributed by atoms with van der Waals surface area (Å²) in [5.41, 5.74) is 1.10. The van der Waals surface area contributed by atoms with Crippen molar-refractivity contribution in [3.8, 4) is 0 Å². The van der Waals surface area contributed by atoms with Gasteiger partial charge in [0, 0.05) is 6.08 Å². The molecule has 2 nitrogen and oxygen atoms in total. The third-order valence-electron chi connectivity index (χ3n) is 1.92. The average molecular weight is 184 g/mol. The Morgan fingerprint density at radius 2 is 2.08 bits per heavy atom. The zero-order chi connectivity index (χ0) is 10.3. The normalized spacial score (nSPS) is 11.9. The van der Waals surface area contributed by atoms with E-state index in [-0.39, 0.29) is 5.97 Å². The Hall–Kier alpha value is -0.790. The fraction of sp³-hybridized carbons (Fsp3) is 0.727. The molecule has 0 radical (unpaired) electrons. The second kappa shape index (κ2) is 6.70. The Morgan fingerprint density at radius 3 is 2.54 bits per heavy atom. The summed E-state index contributed by atoms with van der Waals surface area (Å²) in [5, 5.41) is 0. The van der Waals surface area contributed by atoms with Crippen LogP contribution in [0.25, 0.3) is 0 Å². The highest BCUT2D eigenvalue weighted by Gasteiger charge is 1.98. The molecule has 0 spiro atoms. The molecule has 0 atom stereocenters. The lowest BCUT2D eigenvalue weighted by Crippen LogP contribution is -1.96. The molecule has 0 aliphatic carbocycles. The SMILES string of the molecule is COC(=O)/C=C(\C)CCCC(C)C. The van der Waals surface area contributed by atoms with Crippen LogP contribution in [0.5, 0.6) is 0 Å². The summed E-state index contributed by atoms with van der Waals surface area (Å²) in [4.78, 5) is 10.8. The van der Waals surface area contributed by atoms with Gasteiger partial charge in [0.15, 0.2) is 0 Å². The molecule has 0 aromatic carbocycles. The first-order valence-corrected chi connectivity index (χ1v) is 4.81. The first-order valence-electron chi connectivity index (χ1n) is 4.81. The molecular weight excluding hydrogens is 164 g/mol. The van der Waals surface area contributed by atoms with Gasteiger partial charge < -0.3 is 4.74 Å². The van der Waals surface area contributed by atoms with Gasteiger partial charge >= 0.3 is 5.97 Å².